The molecule has 2 rings (SSSR count). The molecule has 0 aliphatic heterocycles. The van der Waals surface area contributed by atoms with Gasteiger partial charge >= 0.3 is 92.9 Å². The Morgan fingerprint density at radius 2 is 1.74 bits per heavy atom. The molecule has 0 unspecified atom stereocenters. The molecule has 2 aromatic carbocycles. The van der Waals surface area contributed by atoms with Gasteiger partial charge in [-0.3, -0.25) is 4.55 Å². The SMILES string of the molecule is CC(=O)Nc1c(O)ccc([As](=O)(O)O)c1O.Nc1cccc(S(=O)(=O)O)c1. The second-order valence-corrected chi connectivity index (χ2v) is 9.82. The maximum atomic E-state index is 11.0. The number of nitrogens with one attached hydrogen (secondary N) is 1. The number of aromatic hydroxyl groups is 2. The van der Waals surface area contributed by atoms with Gasteiger partial charge in [0.1, 0.15) is 0 Å². The number of nitrogens with two attached hydrogens (primary N) is 1. The van der Waals surface area contributed by atoms with Gasteiger partial charge in [-0.05, 0) is 18.2 Å². The van der Waals surface area contributed by atoms with Crippen molar-refractivity contribution in [2.45, 2.75) is 11.8 Å². The Kier molecular flexibility index (Phi) is 7.06. The molecule has 2 aromatic rings. The Morgan fingerprint density at radius 3 is 2.15 bits per heavy atom. The summed E-state index contributed by atoms with van der Waals surface area (Å²) >= 11 is -5.29. The zero-order valence-electron chi connectivity index (χ0n) is 13.8. The maximum Gasteiger partial charge on any atom is 0.294 e. The molecule has 8 N–H and O–H groups in total. The van der Waals surface area contributed by atoms with Crippen molar-refractivity contribution in [1.29, 1.82) is 0 Å². The first-order valence-electron chi connectivity index (χ1n) is 6.95. The summed E-state index contributed by atoms with van der Waals surface area (Å²) in [6.45, 7) is 1.13. The molecule has 0 radical (unpaired) electrons. The van der Waals surface area contributed by atoms with Gasteiger partial charge in [-0.25, -0.2) is 0 Å². The predicted octanol–water partition coefficient (Wildman–Crippen LogP) is -0.867. The first-order chi connectivity index (χ1) is 12.2. The predicted molar refractivity (Wildman–Crippen MR) is 95.3 cm³/mol. The summed E-state index contributed by atoms with van der Waals surface area (Å²) in [7, 11) is -4.11. The minimum atomic E-state index is -5.29. The molecular formula is C14H17AsN2O9S. The van der Waals surface area contributed by atoms with Crippen molar-refractivity contribution in [1.82, 2.24) is 0 Å². The van der Waals surface area contributed by atoms with Crippen LogP contribution in [0.2, 0.25) is 0 Å². The molecule has 0 saturated carbocycles. The average Bonchev–Trinajstić information content (AvgIpc) is 2.49. The second-order valence-electron chi connectivity index (χ2n) is 5.10. The van der Waals surface area contributed by atoms with E-state index in [0.29, 0.717) is 5.69 Å². The second kappa shape index (κ2) is 8.46. The monoisotopic (exact) mass is 464 g/mol. The maximum absolute atomic E-state index is 11.0. The largest absolute Gasteiger partial charge is 0.399 e. The van der Waals surface area contributed by atoms with E-state index in [1.807, 2.05) is 0 Å². The van der Waals surface area contributed by atoms with Crippen LogP contribution in [-0.2, 0) is 18.7 Å². The van der Waals surface area contributed by atoms with Gasteiger partial charge in [-0.1, -0.05) is 6.07 Å². The van der Waals surface area contributed by atoms with Crippen LogP contribution in [0.3, 0.4) is 0 Å². The zero-order chi connectivity index (χ0) is 21.0. The fourth-order valence-corrected chi connectivity index (χ4v) is 3.69. The average molecular weight is 464 g/mol. The van der Waals surface area contributed by atoms with Gasteiger partial charge in [0.05, 0.1) is 4.90 Å². The first-order valence-corrected chi connectivity index (χ1v) is 11.8. The van der Waals surface area contributed by atoms with Crippen LogP contribution in [0.5, 0.6) is 11.5 Å². The fraction of sp³-hybridized carbons (Fsp3) is 0.0714. The molecule has 0 aliphatic carbocycles. The molecule has 0 aromatic heterocycles. The van der Waals surface area contributed by atoms with Crippen molar-refractivity contribution in [3.05, 3.63) is 36.4 Å². The minimum absolute atomic E-state index is 0.183. The summed E-state index contributed by atoms with van der Waals surface area (Å²) in [6, 6.07) is 7.35. The van der Waals surface area contributed by atoms with Gasteiger partial charge in [0.2, 0.25) is 0 Å². The van der Waals surface area contributed by atoms with Gasteiger partial charge in [-0.15, -0.1) is 0 Å². The molecule has 13 heteroatoms. The van der Waals surface area contributed by atoms with Crippen LogP contribution in [0.25, 0.3) is 0 Å². The molecule has 0 saturated heterocycles. The summed E-state index contributed by atoms with van der Waals surface area (Å²) in [5.74, 6) is -1.87. The van der Waals surface area contributed by atoms with Crippen molar-refractivity contribution in [3.63, 3.8) is 0 Å². The number of carbonyl (C=O) groups excluding carboxylic acids is 1. The van der Waals surface area contributed by atoms with Crippen LogP contribution in [-0.4, -0.2) is 51.5 Å². The molecule has 0 fully saturated rings. The quantitative estimate of drug-likeness (QED) is 0.129. The molecule has 0 spiro atoms. The van der Waals surface area contributed by atoms with Gasteiger partial charge in [0.15, 0.2) is 0 Å². The van der Waals surface area contributed by atoms with Crippen molar-refractivity contribution in [2.75, 3.05) is 11.1 Å². The Morgan fingerprint density at radius 1 is 1.15 bits per heavy atom. The number of phenolic OH excluding ortho intramolecular Hbond substituents is 2. The van der Waals surface area contributed by atoms with Crippen molar-refractivity contribution >= 4 is 45.9 Å². The number of hydrogen-bond acceptors (Lipinski definition) is 7. The van der Waals surface area contributed by atoms with Crippen molar-refractivity contribution in [3.8, 4) is 11.5 Å². The number of nitrogen functional groups attached to an aromatic ring is 1. The molecule has 27 heavy (non-hydrogen) atoms. The van der Waals surface area contributed by atoms with E-state index in [-0.39, 0.29) is 4.90 Å². The fourth-order valence-electron chi connectivity index (χ4n) is 1.78. The van der Waals surface area contributed by atoms with Gasteiger partial charge in [0, 0.05) is 5.69 Å². The van der Waals surface area contributed by atoms with Crippen LogP contribution in [0.4, 0.5) is 11.4 Å². The number of anilines is 2. The molecule has 0 aliphatic rings. The third-order valence-electron chi connectivity index (χ3n) is 2.91. The van der Waals surface area contributed by atoms with E-state index in [2.05, 4.69) is 5.32 Å². The van der Waals surface area contributed by atoms with E-state index in [1.54, 1.807) is 0 Å². The van der Waals surface area contributed by atoms with Crippen LogP contribution in [0.1, 0.15) is 6.92 Å². The first kappa shape index (κ1) is 22.5. The van der Waals surface area contributed by atoms with Gasteiger partial charge < -0.3 is 5.73 Å². The summed E-state index contributed by atoms with van der Waals surface area (Å²) in [4.78, 5) is 10.6. The molecule has 1 amide bonds. The molecule has 0 bridgehead atoms. The van der Waals surface area contributed by atoms with Crippen molar-refractivity contribution < 1.29 is 39.9 Å². The Labute approximate surface area is 156 Å². The van der Waals surface area contributed by atoms with E-state index < -0.39 is 51.7 Å². The Bertz CT molecular complexity index is 1000. The number of phenols is 2. The standard InChI is InChI=1S/C8H10AsNO6.C6H7NO3S/c1-4(11)10-7-6(12)3-2-5(8(7)13)9(14,15)16;7-5-2-1-3-6(4-5)11(8,9)10/h2-3,12-13H,1H3,(H,10,11)(H2,14,15,16);1-4H,7H2,(H,8,9,10). The summed E-state index contributed by atoms with van der Waals surface area (Å²) < 4.78 is 57.8. The van der Waals surface area contributed by atoms with Gasteiger partial charge in [0.25, 0.3) is 10.1 Å². The van der Waals surface area contributed by atoms with E-state index in [4.69, 9.17) is 18.5 Å². The topological polar surface area (TPSA) is 207 Å². The van der Waals surface area contributed by atoms with Crippen LogP contribution in [0, 0.1) is 0 Å². The number of hydrogen-bond donors (Lipinski definition) is 7. The third kappa shape index (κ3) is 6.62. The summed E-state index contributed by atoms with van der Waals surface area (Å²) in [6.07, 6.45) is 0. The number of amides is 1. The van der Waals surface area contributed by atoms with Gasteiger partial charge in [-0.2, -0.15) is 8.42 Å². The summed E-state index contributed by atoms with van der Waals surface area (Å²) in [5, 5.41) is 20.9. The molecule has 11 nitrogen and oxygen atoms in total. The van der Waals surface area contributed by atoms with E-state index in [1.165, 1.54) is 24.3 Å². The number of benzene rings is 2. The molecule has 0 heterocycles. The van der Waals surface area contributed by atoms with Crippen LogP contribution in [0.15, 0.2) is 41.3 Å². The normalized spacial score (nSPS) is 11.3. The van der Waals surface area contributed by atoms with Crippen molar-refractivity contribution in [2.24, 2.45) is 0 Å². The summed E-state index contributed by atoms with van der Waals surface area (Å²) in [5.41, 5.74) is 5.18. The number of carbonyl (C=O) groups is 1. The molecule has 148 valence electrons. The number of rotatable bonds is 3. The minimum Gasteiger partial charge on any atom is -0.399 e. The molecular weight excluding hydrogens is 447 g/mol. The zero-order valence-corrected chi connectivity index (χ0v) is 16.5. The Balaban J connectivity index is 0.000000289. The smallest absolute Gasteiger partial charge is 0.294 e. The van der Waals surface area contributed by atoms with E-state index in [0.717, 1.165) is 19.1 Å². The van der Waals surface area contributed by atoms with Crippen LogP contribution >= 0.6 is 0 Å². The van der Waals surface area contributed by atoms with E-state index in [9.17, 15) is 27.2 Å². The van der Waals surface area contributed by atoms with Crippen LogP contribution < -0.4 is 15.4 Å². The third-order valence-corrected chi connectivity index (χ3v) is 5.83. The Hall–Kier alpha value is -2.50. The van der Waals surface area contributed by atoms with E-state index >= 15 is 0 Å². The molecule has 0 atom stereocenters.